The van der Waals surface area contributed by atoms with Crippen LogP contribution < -0.4 is 9.47 Å². The average molecular weight is 425 g/mol. The van der Waals surface area contributed by atoms with Crippen molar-refractivity contribution in [3.05, 3.63) is 59.7 Å². The molecule has 0 amide bonds. The smallest absolute Gasteiger partial charge is 0.308 e. The van der Waals surface area contributed by atoms with Crippen LogP contribution in [0.1, 0.15) is 91.7 Å². The monoisotopic (exact) mass is 424 g/mol. The van der Waals surface area contributed by atoms with Gasteiger partial charge >= 0.3 is 5.97 Å². The summed E-state index contributed by atoms with van der Waals surface area (Å²) in [5, 5.41) is 0. The van der Waals surface area contributed by atoms with E-state index in [0.717, 1.165) is 18.6 Å². The molecule has 0 aliphatic carbocycles. The fourth-order valence-electron chi connectivity index (χ4n) is 4.29. The molecule has 2 aromatic carbocycles. The van der Waals surface area contributed by atoms with Gasteiger partial charge in [-0.25, -0.2) is 0 Å². The summed E-state index contributed by atoms with van der Waals surface area (Å²) < 4.78 is 11.4. The highest BCUT2D eigenvalue weighted by atomic mass is 16.5. The van der Waals surface area contributed by atoms with Gasteiger partial charge in [-0.1, -0.05) is 71.2 Å². The van der Waals surface area contributed by atoms with Crippen molar-refractivity contribution in [2.75, 3.05) is 0 Å². The molecule has 0 aromatic heterocycles. The van der Waals surface area contributed by atoms with Gasteiger partial charge in [0.05, 0.1) is 0 Å². The van der Waals surface area contributed by atoms with Crippen LogP contribution in [0.2, 0.25) is 0 Å². The van der Waals surface area contributed by atoms with Crippen molar-refractivity contribution >= 4 is 5.97 Å². The predicted octanol–water partition coefficient (Wildman–Crippen LogP) is 7.70. The van der Waals surface area contributed by atoms with Crippen LogP contribution in [0.15, 0.2) is 48.5 Å². The van der Waals surface area contributed by atoms with Gasteiger partial charge < -0.3 is 9.47 Å². The van der Waals surface area contributed by atoms with E-state index >= 15 is 0 Å². The zero-order chi connectivity index (χ0) is 23.1. The van der Waals surface area contributed by atoms with E-state index in [9.17, 15) is 4.79 Å². The Labute approximate surface area is 189 Å². The van der Waals surface area contributed by atoms with E-state index in [0.29, 0.717) is 11.7 Å². The lowest BCUT2D eigenvalue weighted by Crippen LogP contribution is -2.33. The summed E-state index contributed by atoms with van der Waals surface area (Å²) in [7, 11) is 0. The van der Waals surface area contributed by atoms with Crippen molar-refractivity contribution in [2.24, 2.45) is 5.92 Å². The third-order valence-electron chi connectivity index (χ3n) is 6.63. The van der Waals surface area contributed by atoms with Crippen molar-refractivity contribution in [1.82, 2.24) is 0 Å². The third kappa shape index (κ3) is 6.35. The number of carbonyl (C=O) groups excluding carboxylic acids is 1. The lowest BCUT2D eigenvalue weighted by molar-refractivity contribution is -0.131. The Kier molecular flexibility index (Phi) is 8.73. The molecule has 2 aromatic rings. The van der Waals surface area contributed by atoms with Crippen molar-refractivity contribution in [1.29, 1.82) is 0 Å². The van der Waals surface area contributed by atoms with Gasteiger partial charge in [0, 0.05) is 12.3 Å². The number of rotatable bonds is 11. The molecule has 0 spiro atoms. The van der Waals surface area contributed by atoms with Crippen LogP contribution in [0.4, 0.5) is 0 Å². The van der Waals surface area contributed by atoms with E-state index in [1.54, 1.807) is 0 Å². The summed E-state index contributed by atoms with van der Waals surface area (Å²) in [5.74, 6) is 1.71. The van der Waals surface area contributed by atoms with Crippen molar-refractivity contribution in [3.63, 3.8) is 0 Å². The minimum Gasteiger partial charge on any atom is -0.488 e. The van der Waals surface area contributed by atoms with Crippen molar-refractivity contribution in [2.45, 2.75) is 91.6 Å². The summed E-state index contributed by atoms with van der Waals surface area (Å²) in [6.07, 6.45) is 5.64. The first kappa shape index (κ1) is 25.0. The molecule has 0 heterocycles. The van der Waals surface area contributed by atoms with Crippen LogP contribution in [0, 0.1) is 5.92 Å². The van der Waals surface area contributed by atoms with Gasteiger partial charge in [0.15, 0.2) is 0 Å². The second-order valence-corrected chi connectivity index (χ2v) is 9.31. The highest BCUT2D eigenvalue weighted by molar-refractivity contribution is 5.69. The predicted molar refractivity (Wildman–Crippen MR) is 129 cm³/mol. The largest absolute Gasteiger partial charge is 0.488 e. The molecule has 31 heavy (non-hydrogen) atoms. The lowest BCUT2D eigenvalue weighted by atomic mass is 9.65. The third-order valence-corrected chi connectivity index (χ3v) is 6.63. The van der Waals surface area contributed by atoms with Crippen LogP contribution in [-0.2, 0) is 10.2 Å². The molecule has 3 heteroatoms. The van der Waals surface area contributed by atoms with E-state index < -0.39 is 0 Å². The van der Waals surface area contributed by atoms with E-state index in [2.05, 4.69) is 77.9 Å². The summed E-state index contributed by atoms with van der Waals surface area (Å²) in [6.45, 7) is 14.7. The van der Waals surface area contributed by atoms with E-state index in [1.807, 2.05) is 12.1 Å². The molecule has 3 nitrogen and oxygen atoms in total. The lowest BCUT2D eigenvalue weighted by Gasteiger charge is -2.39. The van der Waals surface area contributed by atoms with E-state index in [4.69, 9.17) is 9.47 Å². The Bertz CT molecular complexity index is 820. The Hall–Kier alpha value is -2.29. The SMILES string of the molecule is CCCCC(CC)C(C)(c1ccc(OC(C)=O)cc1)c1ccc(OC(C)(C)CC)cc1. The Morgan fingerprint density at radius 1 is 0.871 bits per heavy atom. The average Bonchev–Trinajstić information content (AvgIpc) is 2.74. The van der Waals surface area contributed by atoms with Gasteiger partial charge in [0.1, 0.15) is 17.1 Å². The highest BCUT2D eigenvalue weighted by Crippen LogP contribution is 2.44. The first-order chi connectivity index (χ1) is 14.7. The normalized spacial score (nSPS) is 14.5. The number of unbranched alkanes of at least 4 members (excludes halogenated alkanes) is 1. The van der Waals surface area contributed by atoms with Gasteiger partial charge in [-0.2, -0.15) is 0 Å². The molecule has 0 saturated heterocycles. The minimum absolute atomic E-state index is 0.141. The quantitative estimate of drug-likeness (QED) is 0.274. The zero-order valence-electron chi connectivity index (χ0n) is 20.5. The molecule has 0 N–H and O–H groups in total. The molecule has 0 aliphatic rings. The maximum atomic E-state index is 11.3. The maximum absolute atomic E-state index is 11.3. The first-order valence-electron chi connectivity index (χ1n) is 11.7. The van der Waals surface area contributed by atoms with Crippen LogP contribution in [0.3, 0.4) is 0 Å². The fourth-order valence-corrected chi connectivity index (χ4v) is 4.29. The first-order valence-corrected chi connectivity index (χ1v) is 11.7. The number of hydrogen-bond acceptors (Lipinski definition) is 3. The van der Waals surface area contributed by atoms with Gasteiger partial charge in [0.2, 0.25) is 0 Å². The second kappa shape index (κ2) is 10.8. The summed E-state index contributed by atoms with van der Waals surface area (Å²) in [6, 6.07) is 16.7. The Morgan fingerprint density at radius 2 is 1.39 bits per heavy atom. The molecular weight excluding hydrogens is 384 g/mol. The molecule has 170 valence electrons. The maximum Gasteiger partial charge on any atom is 0.308 e. The minimum atomic E-state index is -0.296. The van der Waals surface area contributed by atoms with Crippen molar-refractivity contribution in [3.8, 4) is 11.5 Å². The molecule has 2 unspecified atom stereocenters. The fraction of sp³-hybridized carbons (Fsp3) is 0.536. The topological polar surface area (TPSA) is 35.5 Å². The molecule has 0 bridgehead atoms. The van der Waals surface area contributed by atoms with Crippen LogP contribution in [0.25, 0.3) is 0 Å². The van der Waals surface area contributed by atoms with E-state index in [1.165, 1.54) is 37.3 Å². The van der Waals surface area contributed by atoms with Gasteiger partial charge in [-0.15, -0.1) is 0 Å². The van der Waals surface area contributed by atoms with Gasteiger partial charge in [-0.3, -0.25) is 4.79 Å². The number of hydrogen-bond donors (Lipinski definition) is 0. The molecular formula is C28H40O3. The summed E-state index contributed by atoms with van der Waals surface area (Å²) in [5.41, 5.74) is 2.22. The molecule has 0 aliphatic heterocycles. The van der Waals surface area contributed by atoms with Crippen LogP contribution in [0.5, 0.6) is 11.5 Å². The van der Waals surface area contributed by atoms with Gasteiger partial charge in [-0.05, 0) is 68.0 Å². The summed E-state index contributed by atoms with van der Waals surface area (Å²) in [4.78, 5) is 11.3. The molecule has 2 rings (SSSR count). The number of carbonyl (C=O) groups is 1. The number of benzene rings is 2. The van der Waals surface area contributed by atoms with Crippen LogP contribution in [-0.4, -0.2) is 11.6 Å². The molecule has 2 atom stereocenters. The molecule has 0 saturated carbocycles. The standard InChI is InChI=1S/C28H40O3/c1-8-11-12-22(9-2)28(7,23-13-17-25(18-14-23)30-21(4)29)24-15-19-26(20-16-24)31-27(5,6)10-3/h13-20,22H,8-12H2,1-7H3. The Morgan fingerprint density at radius 3 is 1.81 bits per heavy atom. The zero-order valence-corrected chi connectivity index (χ0v) is 20.5. The number of esters is 1. The summed E-state index contributed by atoms with van der Waals surface area (Å²) >= 11 is 0. The highest BCUT2D eigenvalue weighted by Gasteiger charge is 2.36. The second-order valence-electron chi connectivity index (χ2n) is 9.31. The molecule has 0 fully saturated rings. The van der Waals surface area contributed by atoms with Crippen LogP contribution >= 0.6 is 0 Å². The number of ether oxygens (including phenoxy) is 2. The van der Waals surface area contributed by atoms with Gasteiger partial charge in [0.25, 0.3) is 0 Å². The molecule has 0 radical (unpaired) electrons. The Balaban J connectivity index is 2.45. The van der Waals surface area contributed by atoms with Crippen molar-refractivity contribution < 1.29 is 14.3 Å². The van der Waals surface area contributed by atoms with E-state index in [-0.39, 0.29) is 17.0 Å².